The summed E-state index contributed by atoms with van der Waals surface area (Å²) in [5.74, 6) is -0.445. The van der Waals surface area contributed by atoms with Crippen molar-refractivity contribution in [3.8, 4) is 0 Å². The van der Waals surface area contributed by atoms with Crippen LogP contribution in [0.25, 0.3) is 0 Å². The molecular formula is C14H14N3O6+. The Balaban J connectivity index is 1.78. The number of hydrogen-bond acceptors (Lipinski definition) is 5. The highest BCUT2D eigenvalue weighted by Crippen LogP contribution is 2.12. The summed E-state index contributed by atoms with van der Waals surface area (Å²) < 4.78 is 7.59. The van der Waals surface area contributed by atoms with Crippen molar-refractivity contribution in [1.82, 2.24) is 4.57 Å². The molecule has 9 nitrogen and oxygen atoms in total. The maximum atomic E-state index is 11.6. The minimum atomic E-state index is -1.11. The molecule has 120 valence electrons. The molecule has 0 aliphatic rings. The minimum Gasteiger partial charge on any atom is -0.461 e. The van der Waals surface area contributed by atoms with Gasteiger partial charge >= 0.3 is 12.1 Å². The van der Waals surface area contributed by atoms with E-state index in [9.17, 15) is 19.7 Å². The molecule has 2 aromatic rings. The number of benzene rings is 1. The van der Waals surface area contributed by atoms with E-state index in [2.05, 4.69) is 0 Å². The topological polar surface area (TPSA) is 116 Å². The van der Waals surface area contributed by atoms with E-state index in [1.165, 1.54) is 43.0 Å². The molecule has 0 aliphatic carbocycles. The quantitative estimate of drug-likeness (QED) is 0.372. The van der Waals surface area contributed by atoms with Crippen LogP contribution in [0.15, 0.2) is 43.0 Å². The molecule has 9 heteroatoms. The van der Waals surface area contributed by atoms with Crippen molar-refractivity contribution in [2.24, 2.45) is 0 Å². The molecule has 0 spiro atoms. The van der Waals surface area contributed by atoms with Gasteiger partial charge in [-0.05, 0) is 17.7 Å². The number of nitro benzene ring substituents is 1. The molecule has 1 aromatic carbocycles. The number of nitrogens with zero attached hydrogens (tertiary/aromatic N) is 3. The Morgan fingerprint density at radius 1 is 1.30 bits per heavy atom. The van der Waals surface area contributed by atoms with E-state index in [1.807, 2.05) is 0 Å². The molecule has 1 N–H and O–H groups in total. The first kappa shape index (κ1) is 16.1. The number of aryl methyl sites for hydroxylation is 1. The monoisotopic (exact) mass is 320 g/mol. The third-order valence-electron chi connectivity index (χ3n) is 3.03. The number of carbonyl (C=O) groups is 2. The molecule has 1 aromatic heterocycles. The van der Waals surface area contributed by atoms with Gasteiger partial charge in [-0.2, -0.15) is 4.79 Å². The summed E-state index contributed by atoms with van der Waals surface area (Å²) in [6, 6.07) is 5.72. The molecule has 0 saturated heterocycles. The van der Waals surface area contributed by atoms with Crippen LogP contribution in [0.1, 0.15) is 12.0 Å². The lowest BCUT2D eigenvalue weighted by Gasteiger charge is -2.04. The maximum absolute atomic E-state index is 11.6. The van der Waals surface area contributed by atoms with Crippen LogP contribution >= 0.6 is 0 Å². The second kappa shape index (κ2) is 7.16. The number of esters is 1. The van der Waals surface area contributed by atoms with Gasteiger partial charge in [0.2, 0.25) is 0 Å². The molecule has 0 bridgehead atoms. The lowest BCUT2D eigenvalue weighted by Crippen LogP contribution is -2.33. The molecule has 1 heterocycles. The lowest BCUT2D eigenvalue weighted by atomic mass is 10.2. The van der Waals surface area contributed by atoms with Crippen molar-refractivity contribution in [2.45, 2.75) is 19.6 Å². The molecule has 0 saturated carbocycles. The van der Waals surface area contributed by atoms with Crippen molar-refractivity contribution in [1.29, 1.82) is 0 Å². The Bertz CT molecular complexity index is 722. The number of carboxylic acid groups (broad SMARTS) is 1. The highest BCUT2D eigenvalue weighted by molar-refractivity contribution is 5.69. The number of hydrogen-bond donors (Lipinski definition) is 1. The summed E-state index contributed by atoms with van der Waals surface area (Å²) in [6.45, 7) is 0.316. The van der Waals surface area contributed by atoms with E-state index in [0.29, 0.717) is 12.1 Å². The summed E-state index contributed by atoms with van der Waals surface area (Å²) in [7, 11) is 0. The largest absolute Gasteiger partial charge is 0.509 e. The Hall–Kier alpha value is -3.23. The Morgan fingerprint density at radius 2 is 2.00 bits per heavy atom. The summed E-state index contributed by atoms with van der Waals surface area (Å²) in [4.78, 5) is 32.4. The molecule has 0 atom stereocenters. The smallest absolute Gasteiger partial charge is 0.461 e. The zero-order valence-electron chi connectivity index (χ0n) is 12.0. The molecular weight excluding hydrogens is 306 g/mol. The van der Waals surface area contributed by atoms with Gasteiger partial charge < -0.3 is 9.84 Å². The van der Waals surface area contributed by atoms with E-state index in [-0.39, 0.29) is 18.7 Å². The number of imidazole rings is 1. The van der Waals surface area contributed by atoms with Crippen LogP contribution in [-0.2, 0) is 22.7 Å². The van der Waals surface area contributed by atoms with Crippen molar-refractivity contribution in [3.63, 3.8) is 0 Å². The number of aromatic nitrogens is 2. The van der Waals surface area contributed by atoms with E-state index in [1.54, 1.807) is 4.57 Å². The number of rotatable bonds is 6. The van der Waals surface area contributed by atoms with Crippen molar-refractivity contribution < 1.29 is 28.9 Å². The fraction of sp³-hybridized carbons (Fsp3) is 0.214. The normalized spacial score (nSPS) is 10.3. The molecule has 0 fully saturated rings. The van der Waals surface area contributed by atoms with Gasteiger partial charge in [0.25, 0.3) is 12.0 Å². The van der Waals surface area contributed by atoms with Gasteiger partial charge in [-0.3, -0.25) is 14.9 Å². The second-order valence-corrected chi connectivity index (χ2v) is 4.68. The highest BCUT2D eigenvalue weighted by Gasteiger charge is 2.12. The predicted molar refractivity (Wildman–Crippen MR) is 75.6 cm³/mol. The minimum absolute atomic E-state index is 0.0254. The summed E-state index contributed by atoms with van der Waals surface area (Å²) in [6.07, 6.45) is 3.24. The average Bonchev–Trinajstić information content (AvgIpc) is 3.00. The van der Waals surface area contributed by atoms with Gasteiger partial charge in [-0.1, -0.05) is 0 Å². The van der Waals surface area contributed by atoms with Crippen molar-refractivity contribution in [2.75, 3.05) is 0 Å². The van der Waals surface area contributed by atoms with Crippen molar-refractivity contribution in [3.05, 3.63) is 58.7 Å². The number of carbonyl (C=O) groups excluding carboxylic acids is 1. The maximum Gasteiger partial charge on any atom is 0.509 e. The standard InChI is InChI=1S/C14H13N3O6/c18-13(5-6-15-7-8-16(10-15)14(19)20)23-9-11-1-3-12(4-2-11)17(21)22/h1-4,7-8,10H,5-6,9H2/p+1. The SMILES string of the molecule is O=C(CC[n+]1ccn(C(=O)O)c1)OCc1ccc([N+](=O)[O-])cc1. The van der Waals surface area contributed by atoms with Gasteiger partial charge in [0.05, 0.1) is 11.3 Å². The van der Waals surface area contributed by atoms with Crippen molar-refractivity contribution >= 4 is 17.7 Å². The molecule has 0 aliphatic heterocycles. The fourth-order valence-corrected chi connectivity index (χ4v) is 1.81. The third kappa shape index (κ3) is 4.63. The summed E-state index contributed by atoms with van der Waals surface area (Å²) >= 11 is 0. The molecule has 23 heavy (non-hydrogen) atoms. The molecule has 0 amide bonds. The van der Waals surface area contributed by atoms with E-state index in [4.69, 9.17) is 9.84 Å². The predicted octanol–water partition coefficient (Wildman–Crippen LogP) is 1.34. The number of ether oxygens (including phenoxy) is 1. The lowest BCUT2D eigenvalue weighted by molar-refractivity contribution is -0.695. The Morgan fingerprint density at radius 3 is 2.57 bits per heavy atom. The molecule has 0 radical (unpaired) electrons. The van der Waals surface area contributed by atoms with Gasteiger partial charge in [0, 0.05) is 12.1 Å². The first-order valence-electron chi connectivity index (χ1n) is 6.65. The second-order valence-electron chi connectivity index (χ2n) is 4.68. The van der Waals surface area contributed by atoms with Crippen LogP contribution in [0.5, 0.6) is 0 Å². The summed E-state index contributed by atoms with van der Waals surface area (Å²) in [5, 5.41) is 19.3. The van der Waals surface area contributed by atoms with Gasteiger partial charge in [-0.15, -0.1) is 4.57 Å². The number of non-ortho nitro benzene ring substituents is 1. The first-order valence-corrected chi connectivity index (χ1v) is 6.65. The first-order chi connectivity index (χ1) is 11.0. The van der Waals surface area contributed by atoms with E-state index < -0.39 is 17.0 Å². The van der Waals surface area contributed by atoms with Crippen LogP contribution in [-0.4, -0.2) is 26.7 Å². The van der Waals surface area contributed by atoms with Crippen LogP contribution in [0.4, 0.5) is 10.5 Å². The molecule has 0 unspecified atom stereocenters. The van der Waals surface area contributed by atoms with Crippen LogP contribution < -0.4 is 4.57 Å². The number of nitro groups is 1. The van der Waals surface area contributed by atoms with Gasteiger partial charge in [0.1, 0.15) is 25.5 Å². The van der Waals surface area contributed by atoms with Gasteiger partial charge in [0.15, 0.2) is 0 Å². The Kier molecular flexibility index (Phi) is 5.03. The molecule has 2 rings (SSSR count). The zero-order chi connectivity index (χ0) is 16.8. The highest BCUT2D eigenvalue weighted by atomic mass is 16.6. The van der Waals surface area contributed by atoms with E-state index in [0.717, 1.165) is 4.57 Å². The average molecular weight is 320 g/mol. The van der Waals surface area contributed by atoms with Crippen LogP contribution in [0.3, 0.4) is 0 Å². The summed E-state index contributed by atoms with van der Waals surface area (Å²) in [5.41, 5.74) is 0.619. The van der Waals surface area contributed by atoms with Crippen LogP contribution in [0.2, 0.25) is 0 Å². The van der Waals surface area contributed by atoms with E-state index >= 15 is 0 Å². The van der Waals surface area contributed by atoms with Crippen LogP contribution in [0, 0.1) is 10.1 Å². The fourth-order valence-electron chi connectivity index (χ4n) is 1.81. The third-order valence-corrected chi connectivity index (χ3v) is 3.03. The Labute approximate surface area is 130 Å². The van der Waals surface area contributed by atoms with Gasteiger partial charge in [-0.25, -0.2) is 4.57 Å². The zero-order valence-corrected chi connectivity index (χ0v) is 12.0.